The van der Waals surface area contributed by atoms with Crippen LogP contribution in [-0.2, 0) is 16.1 Å². The second-order valence-corrected chi connectivity index (χ2v) is 8.07. The average molecular weight is 343 g/mol. The number of hydrogen-bond acceptors (Lipinski definition) is 3. The summed E-state index contributed by atoms with van der Waals surface area (Å²) in [6.07, 6.45) is -0.426. The van der Waals surface area contributed by atoms with E-state index < -0.39 is 12.1 Å². The predicted octanol–water partition coefficient (Wildman–Crippen LogP) is 4.60. The third kappa shape index (κ3) is 4.30. The molecule has 0 aromatic heterocycles. The minimum Gasteiger partial charge on any atom is -0.445 e. The second kappa shape index (κ2) is 7.42. The van der Waals surface area contributed by atoms with E-state index in [0.717, 1.165) is 16.7 Å². The Balaban J connectivity index is 2.24. The molecule has 1 heterocycles. The van der Waals surface area contributed by atoms with E-state index in [1.807, 2.05) is 51.1 Å². The molecule has 2 rings (SSSR count). The molecule has 25 heavy (non-hydrogen) atoms. The Kier molecular flexibility index (Phi) is 5.71. The van der Waals surface area contributed by atoms with Crippen molar-refractivity contribution in [2.75, 3.05) is 6.54 Å². The average Bonchev–Trinajstić information content (AvgIpc) is 2.54. The number of nitrogens with zero attached hydrogens (tertiary/aromatic N) is 1. The van der Waals surface area contributed by atoms with Gasteiger partial charge in [-0.25, -0.2) is 4.79 Å². The molecule has 1 aliphatic heterocycles. The highest BCUT2D eigenvalue weighted by molar-refractivity contribution is 6.02. The molecule has 1 atom stereocenters. The van der Waals surface area contributed by atoms with Crippen molar-refractivity contribution in [2.24, 2.45) is 11.3 Å². The number of carbonyl (C=O) groups is 2. The van der Waals surface area contributed by atoms with Crippen LogP contribution in [0.2, 0.25) is 0 Å². The van der Waals surface area contributed by atoms with E-state index in [-0.39, 0.29) is 23.7 Å². The maximum Gasteiger partial charge on any atom is 0.411 e. The Morgan fingerprint density at radius 1 is 1.24 bits per heavy atom. The van der Waals surface area contributed by atoms with Gasteiger partial charge in [-0.3, -0.25) is 9.69 Å². The van der Waals surface area contributed by atoms with Crippen molar-refractivity contribution in [1.29, 1.82) is 0 Å². The standard InChI is InChI=1S/C21H29NO3/c1-14(2)18-19(23)15(3)17(21(4,5)6)12-22(18)20(24)25-13-16-10-8-7-9-11-16/h7-11,14,18H,12-13H2,1-6H3/t18-/m0/s1. The monoisotopic (exact) mass is 343 g/mol. The summed E-state index contributed by atoms with van der Waals surface area (Å²) >= 11 is 0. The largest absolute Gasteiger partial charge is 0.445 e. The maximum absolute atomic E-state index is 12.9. The number of Topliss-reactive ketones (excluding diaryl/α,β-unsaturated/α-hetero) is 1. The summed E-state index contributed by atoms with van der Waals surface area (Å²) in [4.78, 5) is 27.2. The van der Waals surface area contributed by atoms with Gasteiger partial charge in [0.25, 0.3) is 0 Å². The molecule has 1 aliphatic rings. The van der Waals surface area contributed by atoms with Crippen LogP contribution in [-0.4, -0.2) is 29.4 Å². The molecule has 0 radical (unpaired) electrons. The molecule has 0 fully saturated rings. The lowest BCUT2D eigenvalue weighted by Crippen LogP contribution is -2.53. The Bertz CT molecular complexity index is 668. The number of ketones is 1. The smallest absolute Gasteiger partial charge is 0.411 e. The first kappa shape index (κ1) is 19.2. The molecule has 0 saturated heterocycles. The third-order valence-corrected chi connectivity index (χ3v) is 4.73. The quantitative estimate of drug-likeness (QED) is 0.806. The van der Waals surface area contributed by atoms with Crippen molar-refractivity contribution < 1.29 is 14.3 Å². The van der Waals surface area contributed by atoms with Gasteiger partial charge in [-0.1, -0.05) is 65.0 Å². The van der Waals surface area contributed by atoms with Crippen LogP contribution in [0.1, 0.15) is 47.1 Å². The van der Waals surface area contributed by atoms with E-state index in [9.17, 15) is 9.59 Å². The fraction of sp³-hybridized carbons (Fsp3) is 0.524. The Labute approximate surface area is 150 Å². The maximum atomic E-state index is 12.9. The topological polar surface area (TPSA) is 46.6 Å². The molecular weight excluding hydrogens is 314 g/mol. The van der Waals surface area contributed by atoms with Crippen molar-refractivity contribution in [1.82, 2.24) is 4.90 Å². The minimum absolute atomic E-state index is 0.0304. The number of amides is 1. The molecule has 136 valence electrons. The molecule has 4 heteroatoms. The van der Waals surface area contributed by atoms with E-state index in [1.54, 1.807) is 4.90 Å². The highest BCUT2D eigenvalue weighted by Gasteiger charge is 2.41. The summed E-state index contributed by atoms with van der Waals surface area (Å²) in [7, 11) is 0. The van der Waals surface area contributed by atoms with Crippen LogP contribution in [0.5, 0.6) is 0 Å². The van der Waals surface area contributed by atoms with Gasteiger partial charge in [0.15, 0.2) is 5.78 Å². The lowest BCUT2D eigenvalue weighted by Gasteiger charge is -2.41. The fourth-order valence-corrected chi connectivity index (χ4v) is 3.34. The molecular formula is C21H29NO3. The molecule has 0 spiro atoms. The van der Waals surface area contributed by atoms with Gasteiger partial charge in [-0.2, -0.15) is 0 Å². The first-order valence-electron chi connectivity index (χ1n) is 8.84. The van der Waals surface area contributed by atoms with Gasteiger partial charge >= 0.3 is 6.09 Å². The van der Waals surface area contributed by atoms with Crippen molar-refractivity contribution in [2.45, 2.75) is 54.2 Å². The van der Waals surface area contributed by atoms with Crippen LogP contribution >= 0.6 is 0 Å². The lowest BCUT2D eigenvalue weighted by molar-refractivity contribution is -0.122. The van der Waals surface area contributed by atoms with E-state index in [1.165, 1.54) is 0 Å². The third-order valence-electron chi connectivity index (χ3n) is 4.73. The van der Waals surface area contributed by atoms with Crippen LogP contribution in [0.4, 0.5) is 4.79 Å². The fourth-order valence-electron chi connectivity index (χ4n) is 3.34. The van der Waals surface area contributed by atoms with Gasteiger partial charge in [0.05, 0.1) is 0 Å². The van der Waals surface area contributed by atoms with Crippen LogP contribution in [0.25, 0.3) is 0 Å². The van der Waals surface area contributed by atoms with E-state index in [2.05, 4.69) is 20.8 Å². The summed E-state index contributed by atoms with van der Waals surface area (Å²) in [6.45, 7) is 12.7. The van der Waals surface area contributed by atoms with E-state index >= 15 is 0 Å². The van der Waals surface area contributed by atoms with Crippen LogP contribution in [0.15, 0.2) is 41.5 Å². The first-order chi connectivity index (χ1) is 11.6. The summed E-state index contributed by atoms with van der Waals surface area (Å²) in [5, 5.41) is 0. The molecule has 0 N–H and O–H groups in total. The van der Waals surface area contributed by atoms with Gasteiger partial charge in [0.2, 0.25) is 0 Å². The number of carbonyl (C=O) groups excluding carboxylic acids is 2. The van der Waals surface area contributed by atoms with E-state index in [4.69, 9.17) is 4.74 Å². The normalized spacial score (nSPS) is 18.8. The lowest BCUT2D eigenvalue weighted by atomic mass is 9.77. The molecule has 0 bridgehead atoms. The zero-order valence-electron chi connectivity index (χ0n) is 16.1. The van der Waals surface area contributed by atoms with Crippen molar-refractivity contribution in [3.8, 4) is 0 Å². The van der Waals surface area contributed by atoms with E-state index in [0.29, 0.717) is 6.54 Å². The van der Waals surface area contributed by atoms with Gasteiger partial charge in [-0.05, 0) is 35.0 Å². The number of benzene rings is 1. The number of rotatable bonds is 3. The van der Waals surface area contributed by atoms with Gasteiger partial charge in [0, 0.05) is 6.54 Å². The minimum atomic E-state index is -0.464. The first-order valence-corrected chi connectivity index (χ1v) is 8.84. The molecule has 4 nitrogen and oxygen atoms in total. The SMILES string of the molecule is CC1=C(C(C)(C)C)CN(C(=O)OCc2ccccc2)[C@@H](C(C)C)C1=O. The van der Waals surface area contributed by atoms with Gasteiger partial charge in [-0.15, -0.1) is 0 Å². The molecule has 1 amide bonds. The summed E-state index contributed by atoms with van der Waals surface area (Å²) in [5.41, 5.74) is 2.56. The second-order valence-electron chi connectivity index (χ2n) is 8.07. The Morgan fingerprint density at radius 2 is 1.84 bits per heavy atom. The van der Waals surface area contributed by atoms with Crippen molar-refractivity contribution in [3.05, 3.63) is 47.0 Å². The van der Waals surface area contributed by atoms with Gasteiger partial charge < -0.3 is 4.74 Å². The highest BCUT2D eigenvalue weighted by atomic mass is 16.6. The number of ether oxygens (including phenoxy) is 1. The van der Waals surface area contributed by atoms with Gasteiger partial charge in [0.1, 0.15) is 12.6 Å². The van der Waals surface area contributed by atoms with Crippen molar-refractivity contribution in [3.63, 3.8) is 0 Å². The van der Waals surface area contributed by atoms with Crippen LogP contribution < -0.4 is 0 Å². The van der Waals surface area contributed by atoms with Crippen molar-refractivity contribution >= 4 is 11.9 Å². The zero-order chi connectivity index (χ0) is 18.8. The predicted molar refractivity (Wildman–Crippen MR) is 99.1 cm³/mol. The molecule has 0 aliphatic carbocycles. The molecule has 0 unspecified atom stereocenters. The number of hydrogen-bond donors (Lipinski definition) is 0. The summed E-state index contributed by atoms with van der Waals surface area (Å²) in [5.74, 6) is 0.0658. The molecule has 1 aromatic carbocycles. The van der Waals surface area contributed by atoms with Crippen LogP contribution in [0.3, 0.4) is 0 Å². The molecule has 1 aromatic rings. The highest BCUT2D eigenvalue weighted by Crippen LogP contribution is 2.35. The Hall–Kier alpha value is -2.10. The summed E-state index contributed by atoms with van der Waals surface area (Å²) in [6, 6.07) is 9.11. The Morgan fingerprint density at radius 3 is 2.36 bits per heavy atom. The van der Waals surface area contributed by atoms with Crippen LogP contribution in [0, 0.1) is 11.3 Å². The molecule has 0 saturated carbocycles. The zero-order valence-corrected chi connectivity index (χ0v) is 16.1. The summed E-state index contributed by atoms with van der Waals surface area (Å²) < 4.78 is 5.50.